The zero-order chi connectivity index (χ0) is 10.4. The van der Waals surface area contributed by atoms with E-state index in [-0.39, 0.29) is 5.75 Å². The highest BCUT2D eigenvalue weighted by Gasteiger charge is 2.19. The molecule has 1 aromatic carbocycles. The van der Waals surface area contributed by atoms with Crippen molar-refractivity contribution >= 4 is 11.0 Å². The lowest BCUT2D eigenvalue weighted by atomic mass is 10.1. The Bertz CT molecular complexity index is 597. The molecule has 0 atom stereocenters. The molecule has 2 heterocycles. The van der Waals surface area contributed by atoms with Crippen molar-refractivity contribution in [2.45, 2.75) is 6.42 Å². The second kappa shape index (κ2) is 2.76. The number of benzene rings is 1. The summed E-state index contributed by atoms with van der Waals surface area (Å²) in [7, 11) is 0. The molecule has 1 aliphatic heterocycles. The first-order chi connectivity index (χ1) is 7.25. The first kappa shape index (κ1) is 8.35. The maximum absolute atomic E-state index is 11.0. The van der Waals surface area contributed by atoms with Crippen LogP contribution in [0.15, 0.2) is 27.4 Å². The largest absolute Gasteiger partial charge is 0.507 e. The van der Waals surface area contributed by atoms with Crippen LogP contribution in [0, 0.1) is 0 Å². The Morgan fingerprint density at radius 1 is 1.33 bits per heavy atom. The number of ether oxygens (including phenoxy) is 1. The molecule has 2 aromatic rings. The monoisotopic (exact) mass is 204 g/mol. The fourth-order valence-corrected chi connectivity index (χ4v) is 1.85. The lowest BCUT2D eigenvalue weighted by Gasteiger charge is -2.04. The minimum atomic E-state index is -0.431. The maximum atomic E-state index is 11.0. The fourth-order valence-electron chi connectivity index (χ4n) is 1.85. The Morgan fingerprint density at radius 2 is 2.20 bits per heavy atom. The van der Waals surface area contributed by atoms with Crippen molar-refractivity contribution in [1.29, 1.82) is 0 Å². The molecule has 0 unspecified atom stereocenters. The molecule has 0 bridgehead atoms. The second-order valence-corrected chi connectivity index (χ2v) is 3.47. The van der Waals surface area contributed by atoms with Gasteiger partial charge in [0.05, 0.1) is 12.0 Å². The third-order valence-electron chi connectivity index (χ3n) is 2.57. The van der Waals surface area contributed by atoms with Gasteiger partial charge in [0.25, 0.3) is 0 Å². The summed E-state index contributed by atoms with van der Waals surface area (Å²) in [5.41, 5.74) is 0.719. The predicted octanol–water partition coefficient (Wildman–Crippen LogP) is 1.43. The number of fused-ring (bicyclic) bond motifs is 2. The van der Waals surface area contributed by atoms with Crippen LogP contribution >= 0.6 is 0 Å². The van der Waals surface area contributed by atoms with Gasteiger partial charge in [-0.3, -0.25) is 0 Å². The van der Waals surface area contributed by atoms with Gasteiger partial charge in [-0.2, -0.15) is 0 Å². The predicted molar refractivity (Wildman–Crippen MR) is 53.3 cm³/mol. The molecule has 0 saturated heterocycles. The molecule has 0 amide bonds. The average molecular weight is 204 g/mol. The highest BCUT2D eigenvalue weighted by Crippen LogP contribution is 2.38. The Hall–Kier alpha value is -1.97. The van der Waals surface area contributed by atoms with Gasteiger partial charge in [0.15, 0.2) is 0 Å². The Labute approximate surface area is 84.7 Å². The lowest BCUT2D eigenvalue weighted by molar-refractivity contribution is 0.356. The Morgan fingerprint density at radius 3 is 3.07 bits per heavy atom. The smallest absolute Gasteiger partial charge is 0.336 e. The van der Waals surface area contributed by atoms with Crippen LogP contribution in [0.3, 0.4) is 0 Å². The van der Waals surface area contributed by atoms with Gasteiger partial charge in [0.1, 0.15) is 17.1 Å². The summed E-state index contributed by atoms with van der Waals surface area (Å²) in [6.45, 7) is 0.559. The highest BCUT2D eigenvalue weighted by atomic mass is 16.5. The third-order valence-corrected chi connectivity index (χ3v) is 2.57. The lowest BCUT2D eigenvalue weighted by Crippen LogP contribution is -1.95. The van der Waals surface area contributed by atoms with Crippen LogP contribution in [0.2, 0.25) is 0 Å². The Balaban J connectivity index is 2.46. The third kappa shape index (κ3) is 1.11. The summed E-state index contributed by atoms with van der Waals surface area (Å²) in [5, 5.41) is 10.5. The topological polar surface area (TPSA) is 59.7 Å². The number of hydrogen-bond donors (Lipinski definition) is 1. The maximum Gasteiger partial charge on any atom is 0.336 e. The summed E-state index contributed by atoms with van der Waals surface area (Å²) in [4.78, 5) is 11.0. The molecule has 3 rings (SSSR count). The number of phenolic OH excluding ortho intramolecular Hbond substituents is 1. The van der Waals surface area contributed by atoms with E-state index in [1.807, 2.05) is 0 Å². The van der Waals surface area contributed by atoms with Crippen LogP contribution in [0.4, 0.5) is 0 Å². The van der Waals surface area contributed by atoms with Gasteiger partial charge in [-0.25, -0.2) is 4.79 Å². The molecule has 0 radical (unpaired) electrons. The van der Waals surface area contributed by atoms with Crippen molar-refractivity contribution in [3.05, 3.63) is 34.2 Å². The van der Waals surface area contributed by atoms with Gasteiger partial charge in [0.2, 0.25) is 0 Å². The van der Waals surface area contributed by atoms with E-state index in [1.165, 1.54) is 6.07 Å². The van der Waals surface area contributed by atoms with Gasteiger partial charge >= 0.3 is 5.63 Å². The van der Waals surface area contributed by atoms with E-state index in [4.69, 9.17) is 9.15 Å². The van der Waals surface area contributed by atoms with E-state index in [1.54, 1.807) is 12.1 Å². The molecule has 1 aromatic heterocycles. The van der Waals surface area contributed by atoms with E-state index >= 15 is 0 Å². The van der Waals surface area contributed by atoms with E-state index in [0.717, 1.165) is 5.56 Å². The van der Waals surface area contributed by atoms with Gasteiger partial charge in [-0.15, -0.1) is 0 Å². The van der Waals surface area contributed by atoms with Gasteiger partial charge in [-0.05, 0) is 6.07 Å². The average Bonchev–Trinajstić information content (AvgIpc) is 2.65. The van der Waals surface area contributed by atoms with Crippen molar-refractivity contribution in [3.63, 3.8) is 0 Å². The molecule has 0 aliphatic carbocycles. The molecular formula is C11H8O4. The Kier molecular flexibility index (Phi) is 1.54. The van der Waals surface area contributed by atoms with Crippen molar-refractivity contribution in [2.75, 3.05) is 6.61 Å². The van der Waals surface area contributed by atoms with Gasteiger partial charge < -0.3 is 14.3 Å². The second-order valence-electron chi connectivity index (χ2n) is 3.47. The van der Waals surface area contributed by atoms with Crippen LogP contribution in [-0.2, 0) is 6.42 Å². The summed E-state index contributed by atoms with van der Waals surface area (Å²) in [5.74, 6) is 0.762. The van der Waals surface area contributed by atoms with E-state index in [9.17, 15) is 9.90 Å². The SMILES string of the molecule is O=c1ccc2c(O)c3c(cc2o1)OCC3. The van der Waals surface area contributed by atoms with Gasteiger partial charge in [0, 0.05) is 24.1 Å². The highest BCUT2D eigenvalue weighted by molar-refractivity contribution is 5.87. The molecule has 15 heavy (non-hydrogen) atoms. The molecule has 4 nitrogen and oxygen atoms in total. The molecule has 0 spiro atoms. The van der Waals surface area contributed by atoms with Crippen molar-refractivity contribution in [3.8, 4) is 11.5 Å². The quantitative estimate of drug-likeness (QED) is 0.659. The minimum Gasteiger partial charge on any atom is -0.507 e. The first-order valence-corrected chi connectivity index (χ1v) is 4.67. The minimum absolute atomic E-state index is 0.156. The van der Waals surface area contributed by atoms with E-state index in [2.05, 4.69) is 0 Å². The number of rotatable bonds is 0. The molecule has 0 saturated carbocycles. The number of aromatic hydroxyl groups is 1. The molecule has 1 aliphatic rings. The summed E-state index contributed by atoms with van der Waals surface area (Å²) in [6, 6.07) is 4.51. The van der Waals surface area contributed by atoms with E-state index in [0.29, 0.717) is 29.7 Å². The summed E-state index contributed by atoms with van der Waals surface area (Å²) in [6.07, 6.45) is 0.691. The molecule has 4 heteroatoms. The molecule has 1 N–H and O–H groups in total. The number of phenols is 1. The molecule has 0 fully saturated rings. The van der Waals surface area contributed by atoms with Crippen molar-refractivity contribution < 1.29 is 14.3 Å². The van der Waals surface area contributed by atoms with Crippen LogP contribution < -0.4 is 10.4 Å². The van der Waals surface area contributed by atoms with Crippen LogP contribution in [0.1, 0.15) is 5.56 Å². The molecular weight excluding hydrogens is 196 g/mol. The fraction of sp³-hybridized carbons (Fsp3) is 0.182. The zero-order valence-electron chi connectivity index (χ0n) is 7.82. The standard InChI is InChI=1S/C11H8O4/c12-10-2-1-6-9(15-10)5-8-7(11(6)13)3-4-14-8/h1-2,5,13H,3-4H2. The molecule has 76 valence electrons. The zero-order valence-corrected chi connectivity index (χ0v) is 7.82. The van der Waals surface area contributed by atoms with Crippen molar-refractivity contribution in [1.82, 2.24) is 0 Å². The van der Waals surface area contributed by atoms with Gasteiger partial charge in [-0.1, -0.05) is 0 Å². The first-order valence-electron chi connectivity index (χ1n) is 4.67. The van der Waals surface area contributed by atoms with Crippen LogP contribution in [-0.4, -0.2) is 11.7 Å². The van der Waals surface area contributed by atoms with Crippen molar-refractivity contribution in [2.24, 2.45) is 0 Å². The number of hydrogen-bond acceptors (Lipinski definition) is 4. The summed E-state index contributed by atoms with van der Waals surface area (Å²) >= 11 is 0. The summed E-state index contributed by atoms with van der Waals surface area (Å²) < 4.78 is 10.3. The van der Waals surface area contributed by atoms with Crippen LogP contribution in [0.25, 0.3) is 11.0 Å². The normalized spacial score (nSPS) is 13.9. The van der Waals surface area contributed by atoms with E-state index < -0.39 is 5.63 Å². The van der Waals surface area contributed by atoms with Crippen LogP contribution in [0.5, 0.6) is 11.5 Å².